The lowest BCUT2D eigenvalue weighted by Crippen LogP contribution is -2.52. The third-order valence-electron chi connectivity index (χ3n) is 5.91. The summed E-state index contributed by atoms with van der Waals surface area (Å²) in [6.07, 6.45) is 1.47. The highest BCUT2D eigenvalue weighted by Crippen LogP contribution is 2.41. The van der Waals surface area contributed by atoms with Gasteiger partial charge in [-0.15, -0.1) is 0 Å². The second kappa shape index (κ2) is 8.31. The molecule has 1 unspecified atom stereocenters. The number of carbonyl (C=O) groups excluding carboxylic acids is 1. The van der Waals surface area contributed by atoms with Gasteiger partial charge >= 0.3 is 6.09 Å². The second-order valence-corrected chi connectivity index (χ2v) is 9.76. The molecule has 0 saturated heterocycles. The standard InChI is InChI=1S/C24H31N5O4/c1-23(2,3)33-22(31)28-24(4)11-10-16-17(14-6-8-15(9-7-14)21(30)32-5)18-19(25)26-13-27-20(18)29(16)12-24/h6-9,13,21,30H,10-12H2,1-5H3,(H,28,31)(H2,25,26,27)/t21?,24-/m0/s1. The number of benzene rings is 1. The first-order chi connectivity index (χ1) is 15.5. The first kappa shape index (κ1) is 23.0. The number of rotatable bonds is 4. The van der Waals surface area contributed by atoms with Crippen LogP contribution in [0.25, 0.3) is 22.2 Å². The Morgan fingerprint density at radius 1 is 1.27 bits per heavy atom. The number of hydrogen-bond donors (Lipinski definition) is 3. The molecule has 1 amide bonds. The van der Waals surface area contributed by atoms with E-state index in [0.29, 0.717) is 24.3 Å². The third kappa shape index (κ3) is 4.51. The van der Waals surface area contributed by atoms with E-state index < -0.39 is 23.5 Å². The van der Waals surface area contributed by atoms with Crippen molar-refractivity contribution in [1.29, 1.82) is 0 Å². The van der Waals surface area contributed by atoms with Crippen LogP contribution in [0.1, 0.15) is 51.7 Å². The van der Waals surface area contributed by atoms with Gasteiger partial charge in [0, 0.05) is 30.5 Å². The largest absolute Gasteiger partial charge is 0.444 e. The number of methoxy groups -OCH3 is 1. The highest BCUT2D eigenvalue weighted by atomic mass is 16.6. The van der Waals surface area contributed by atoms with Crippen molar-refractivity contribution in [3.63, 3.8) is 0 Å². The predicted molar refractivity (Wildman–Crippen MR) is 125 cm³/mol. The second-order valence-electron chi connectivity index (χ2n) is 9.76. The van der Waals surface area contributed by atoms with Crippen molar-refractivity contribution in [2.75, 3.05) is 12.8 Å². The molecule has 0 spiro atoms. The van der Waals surface area contributed by atoms with Gasteiger partial charge in [0.1, 0.15) is 23.4 Å². The SMILES string of the molecule is COC(O)c1ccc(-c2c3n(c4ncnc(N)c24)C[C@@](C)(NC(=O)OC(C)(C)C)CC3)cc1. The molecular formula is C24H31N5O4. The van der Waals surface area contributed by atoms with E-state index in [0.717, 1.165) is 34.3 Å². The van der Waals surface area contributed by atoms with Gasteiger partial charge in [-0.2, -0.15) is 0 Å². The quantitative estimate of drug-likeness (QED) is 0.516. The van der Waals surface area contributed by atoms with Gasteiger partial charge in [-0.05, 0) is 46.1 Å². The minimum Gasteiger partial charge on any atom is -0.444 e. The number of alkyl carbamates (subject to hydrolysis) is 1. The van der Waals surface area contributed by atoms with Gasteiger partial charge in [0.2, 0.25) is 0 Å². The number of nitrogens with one attached hydrogen (secondary N) is 1. The fraction of sp³-hybridized carbons (Fsp3) is 0.458. The van der Waals surface area contributed by atoms with Crippen LogP contribution in [0.3, 0.4) is 0 Å². The monoisotopic (exact) mass is 453 g/mol. The van der Waals surface area contributed by atoms with Crippen molar-refractivity contribution < 1.29 is 19.4 Å². The van der Waals surface area contributed by atoms with Crippen LogP contribution in [0.2, 0.25) is 0 Å². The number of aliphatic hydroxyl groups is 1. The van der Waals surface area contributed by atoms with Crippen molar-refractivity contribution in [2.45, 2.75) is 64.5 Å². The van der Waals surface area contributed by atoms with E-state index in [1.807, 2.05) is 52.0 Å². The molecule has 2 aromatic heterocycles. The maximum atomic E-state index is 12.5. The Kier molecular flexibility index (Phi) is 5.79. The summed E-state index contributed by atoms with van der Waals surface area (Å²) in [5, 5.41) is 13.8. The van der Waals surface area contributed by atoms with Crippen LogP contribution in [0.5, 0.6) is 0 Å². The molecule has 4 N–H and O–H groups in total. The molecular weight excluding hydrogens is 422 g/mol. The van der Waals surface area contributed by atoms with Crippen LogP contribution < -0.4 is 11.1 Å². The number of hydrogen-bond acceptors (Lipinski definition) is 7. The van der Waals surface area contributed by atoms with Crippen LogP contribution in [-0.2, 0) is 22.4 Å². The molecule has 1 aliphatic heterocycles. The maximum Gasteiger partial charge on any atom is 0.408 e. The summed E-state index contributed by atoms with van der Waals surface area (Å²) in [7, 11) is 1.46. The van der Waals surface area contributed by atoms with Gasteiger partial charge in [0.05, 0.1) is 10.9 Å². The normalized spacial score (nSPS) is 19.2. The van der Waals surface area contributed by atoms with Gasteiger partial charge in [0.25, 0.3) is 0 Å². The fourth-order valence-electron chi connectivity index (χ4n) is 4.41. The first-order valence-electron chi connectivity index (χ1n) is 11.0. The van der Waals surface area contributed by atoms with Crippen molar-refractivity contribution in [1.82, 2.24) is 19.9 Å². The number of aromatic nitrogens is 3. The maximum absolute atomic E-state index is 12.5. The van der Waals surface area contributed by atoms with E-state index in [1.54, 1.807) is 0 Å². The van der Waals surface area contributed by atoms with E-state index in [9.17, 15) is 9.90 Å². The molecule has 0 bridgehead atoms. The number of fused-ring (bicyclic) bond motifs is 3. The Morgan fingerprint density at radius 2 is 1.97 bits per heavy atom. The molecule has 33 heavy (non-hydrogen) atoms. The van der Waals surface area contributed by atoms with Gasteiger partial charge < -0.3 is 30.2 Å². The lowest BCUT2D eigenvalue weighted by molar-refractivity contribution is -0.0769. The average Bonchev–Trinajstić information content (AvgIpc) is 3.06. The summed E-state index contributed by atoms with van der Waals surface area (Å²) >= 11 is 0. The molecule has 3 heterocycles. The molecule has 0 aliphatic carbocycles. The van der Waals surface area contributed by atoms with Gasteiger partial charge in [0.15, 0.2) is 6.29 Å². The van der Waals surface area contributed by atoms with Crippen molar-refractivity contribution in [3.05, 3.63) is 41.9 Å². The highest BCUT2D eigenvalue weighted by molar-refractivity contribution is 6.02. The Hall–Kier alpha value is -3.17. The van der Waals surface area contributed by atoms with Crippen LogP contribution in [-0.4, -0.2) is 44.0 Å². The van der Waals surface area contributed by atoms with E-state index in [1.165, 1.54) is 13.4 Å². The van der Waals surface area contributed by atoms with Gasteiger partial charge in [-0.25, -0.2) is 14.8 Å². The Balaban J connectivity index is 1.75. The summed E-state index contributed by atoms with van der Waals surface area (Å²) < 4.78 is 12.6. The molecule has 4 rings (SSSR count). The zero-order valence-corrected chi connectivity index (χ0v) is 19.7. The number of anilines is 1. The lowest BCUT2D eigenvalue weighted by Gasteiger charge is -2.36. The van der Waals surface area contributed by atoms with E-state index in [-0.39, 0.29) is 0 Å². The summed E-state index contributed by atoms with van der Waals surface area (Å²) in [5.41, 5.74) is 9.63. The summed E-state index contributed by atoms with van der Waals surface area (Å²) in [5.74, 6) is 0.403. The first-order valence-corrected chi connectivity index (χ1v) is 11.0. The molecule has 9 nitrogen and oxygen atoms in total. The number of amides is 1. The van der Waals surface area contributed by atoms with E-state index in [4.69, 9.17) is 15.2 Å². The lowest BCUT2D eigenvalue weighted by atomic mass is 9.89. The number of carbonyl (C=O) groups is 1. The predicted octanol–water partition coefficient (Wildman–Crippen LogP) is 3.55. The van der Waals surface area contributed by atoms with E-state index >= 15 is 0 Å². The topological polar surface area (TPSA) is 125 Å². The molecule has 0 saturated carbocycles. The van der Waals surface area contributed by atoms with Crippen molar-refractivity contribution in [3.8, 4) is 11.1 Å². The van der Waals surface area contributed by atoms with Crippen molar-refractivity contribution >= 4 is 22.9 Å². The number of nitrogen functional groups attached to an aromatic ring is 1. The van der Waals surface area contributed by atoms with Crippen LogP contribution in [0.4, 0.5) is 10.6 Å². The molecule has 2 atom stereocenters. The minimum atomic E-state index is -0.980. The minimum absolute atomic E-state index is 0.403. The van der Waals surface area contributed by atoms with Crippen molar-refractivity contribution in [2.24, 2.45) is 0 Å². The third-order valence-corrected chi connectivity index (χ3v) is 5.91. The average molecular weight is 454 g/mol. The van der Waals surface area contributed by atoms with E-state index in [2.05, 4.69) is 19.9 Å². The molecule has 1 aliphatic rings. The summed E-state index contributed by atoms with van der Waals surface area (Å²) in [6.45, 7) is 8.06. The van der Waals surface area contributed by atoms with Crippen LogP contribution in [0, 0.1) is 0 Å². The fourth-order valence-corrected chi connectivity index (χ4v) is 4.41. The number of ether oxygens (including phenoxy) is 2. The Labute approximate surface area is 192 Å². The smallest absolute Gasteiger partial charge is 0.408 e. The number of nitrogens with two attached hydrogens (primary N) is 1. The Bertz CT molecular complexity index is 1180. The van der Waals surface area contributed by atoms with Gasteiger partial charge in [-0.1, -0.05) is 24.3 Å². The molecule has 0 fully saturated rings. The zero-order chi connectivity index (χ0) is 24.0. The number of aliphatic hydroxyl groups excluding tert-OH is 1. The highest BCUT2D eigenvalue weighted by Gasteiger charge is 2.36. The molecule has 9 heteroatoms. The molecule has 0 radical (unpaired) electrons. The van der Waals surface area contributed by atoms with Gasteiger partial charge in [-0.3, -0.25) is 0 Å². The number of nitrogens with zero attached hydrogens (tertiary/aromatic N) is 3. The summed E-state index contributed by atoms with van der Waals surface area (Å²) in [4.78, 5) is 21.2. The summed E-state index contributed by atoms with van der Waals surface area (Å²) in [6, 6.07) is 7.53. The molecule has 3 aromatic rings. The molecule has 1 aromatic carbocycles. The molecule has 176 valence electrons. The van der Waals surface area contributed by atoms with Crippen LogP contribution >= 0.6 is 0 Å². The van der Waals surface area contributed by atoms with Crippen LogP contribution in [0.15, 0.2) is 30.6 Å². The Morgan fingerprint density at radius 3 is 2.61 bits per heavy atom. The zero-order valence-electron chi connectivity index (χ0n) is 19.7.